The van der Waals surface area contributed by atoms with Gasteiger partial charge in [0.05, 0.1) is 12.6 Å². The van der Waals surface area contributed by atoms with E-state index in [9.17, 15) is 29.4 Å². The molecule has 1 heterocycles. The summed E-state index contributed by atoms with van der Waals surface area (Å²) in [4.78, 5) is 50.1. The van der Waals surface area contributed by atoms with E-state index >= 15 is 0 Å². The lowest BCUT2D eigenvalue weighted by molar-refractivity contribution is -0.148. The van der Waals surface area contributed by atoms with E-state index in [0.29, 0.717) is 24.9 Å². The lowest BCUT2D eigenvalue weighted by Gasteiger charge is -2.24. The molecule has 1 aliphatic heterocycles. The number of carbonyl (C=O) groups excluding carboxylic acids is 3. The van der Waals surface area contributed by atoms with Gasteiger partial charge in [-0.3, -0.25) is 14.4 Å². The maximum atomic E-state index is 12.8. The number of carbonyl (C=O) groups is 4. The summed E-state index contributed by atoms with van der Waals surface area (Å²) >= 11 is 0. The fraction of sp³-hybridized carbons (Fsp3) is 0.524. The number of aromatic hydroxyl groups is 1. The normalized spacial score (nSPS) is 17.8. The number of phenolic OH excluding ortho intramolecular Hbond substituents is 1. The third-order valence-corrected chi connectivity index (χ3v) is 5.30. The number of nitrogens with two attached hydrogens (primary N) is 1. The number of hydrogen-bond acceptors (Lipinski definition) is 6. The first kappa shape index (κ1) is 24.1. The van der Waals surface area contributed by atoms with E-state index < -0.39 is 41.8 Å². The molecule has 0 bridgehead atoms. The van der Waals surface area contributed by atoms with Crippen LogP contribution in [-0.4, -0.2) is 70.0 Å². The highest BCUT2D eigenvalue weighted by Gasteiger charge is 2.34. The van der Waals surface area contributed by atoms with Gasteiger partial charge >= 0.3 is 5.97 Å². The molecule has 1 aliphatic rings. The molecule has 170 valence electrons. The van der Waals surface area contributed by atoms with Crippen molar-refractivity contribution in [2.75, 3.05) is 13.1 Å². The fourth-order valence-corrected chi connectivity index (χ4v) is 3.36. The van der Waals surface area contributed by atoms with Crippen molar-refractivity contribution in [2.45, 2.75) is 51.2 Å². The highest BCUT2D eigenvalue weighted by Crippen LogP contribution is 2.17. The van der Waals surface area contributed by atoms with Crippen LogP contribution in [0.15, 0.2) is 24.3 Å². The molecule has 1 aromatic carbocycles. The van der Waals surface area contributed by atoms with Gasteiger partial charge in [0, 0.05) is 13.0 Å². The van der Waals surface area contributed by atoms with Gasteiger partial charge in [0.1, 0.15) is 17.8 Å². The Balaban J connectivity index is 2.06. The number of amides is 3. The van der Waals surface area contributed by atoms with Crippen molar-refractivity contribution in [1.82, 2.24) is 15.5 Å². The minimum absolute atomic E-state index is 0.0693. The second-order valence-electron chi connectivity index (χ2n) is 8.00. The number of carboxylic acid groups (broad SMARTS) is 1. The van der Waals surface area contributed by atoms with Crippen LogP contribution in [-0.2, 0) is 25.6 Å². The van der Waals surface area contributed by atoms with Crippen LogP contribution in [0.1, 0.15) is 32.3 Å². The second-order valence-corrected chi connectivity index (χ2v) is 8.00. The molecule has 0 radical (unpaired) electrons. The van der Waals surface area contributed by atoms with Gasteiger partial charge < -0.3 is 31.5 Å². The van der Waals surface area contributed by atoms with E-state index in [2.05, 4.69) is 10.6 Å². The Hall–Kier alpha value is -3.14. The van der Waals surface area contributed by atoms with E-state index in [1.165, 1.54) is 17.0 Å². The second kappa shape index (κ2) is 10.8. The van der Waals surface area contributed by atoms with Crippen molar-refractivity contribution < 1.29 is 29.4 Å². The molecule has 0 aliphatic carbocycles. The maximum absolute atomic E-state index is 12.8. The zero-order valence-electron chi connectivity index (χ0n) is 17.7. The quantitative estimate of drug-likeness (QED) is 0.353. The average Bonchev–Trinajstić information content (AvgIpc) is 3.22. The van der Waals surface area contributed by atoms with E-state index in [1.54, 1.807) is 26.0 Å². The SMILES string of the molecule is CC(C)C(N)C(=O)NC(Cc1ccc(O)cc1)C(=O)NCC(=O)N1CCCC1C(=O)O. The molecule has 0 spiro atoms. The Morgan fingerprint density at radius 1 is 1.16 bits per heavy atom. The Bertz CT molecular complexity index is 811. The molecular formula is C21H30N4O6. The van der Waals surface area contributed by atoms with Crippen molar-refractivity contribution in [3.05, 3.63) is 29.8 Å². The summed E-state index contributed by atoms with van der Waals surface area (Å²) in [7, 11) is 0. The van der Waals surface area contributed by atoms with E-state index in [4.69, 9.17) is 5.73 Å². The van der Waals surface area contributed by atoms with E-state index in [-0.39, 0.29) is 24.6 Å². The minimum atomic E-state index is -1.07. The van der Waals surface area contributed by atoms with Crippen LogP contribution in [0.4, 0.5) is 0 Å². The van der Waals surface area contributed by atoms with Gasteiger partial charge in [-0.15, -0.1) is 0 Å². The van der Waals surface area contributed by atoms with Gasteiger partial charge in [-0.2, -0.15) is 0 Å². The highest BCUT2D eigenvalue weighted by molar-refractivity contribution is 5.93. The molecule has 0 aromatic heterocycles. The molecule has 2 rings (SSSR count). The van der Waals surface area contributed by atoms with Crippen molar-refractivity contribution in [3.8, 4) is 5.75 Å². The van der Waals surface area contributed by atoms with Gasteiger partial charge in [0.15, 0.2) is 0 Å². The molecule has 3 atom stereocenters. The summed E-state index contributed by atoms with van der Waals surface area (Å²) in [6, 6.07) is 3.49. The first-order valence-electron chi connectivity index (χ1n) is 10.2. The van der Waals surface area contributed by atoms with Crippen LogP contribution in [0.2, 0.25) is 0 Å². The van der Waals surface area contributed by atoms with Gasteiger partial charge in [0.2, 0.25) is 17.7 Å². The maximum Gasteiger partial charge on any atom is 0.326 e. The summed E-state index contributed by atoms with van der Waals surface area (Å²) in [6.45, 7) is 3.52. The number of carboxylic acids is 1. The number of hydrogen-bond donors (Lipinski definition) is 5. The first-order chi connectivity index (χ1) is 14.6. The Morgan fingerprint density at radius 2 is 1.81 bits per heavy atom. The van der Waals surface area contributed by atoms with Crippen LogP contribution in [0.25, 0.3) is 0 Å². The highest BCUT2D eigenvalue weighted by atomic mass is 16.4. The lowest BCUT2D eigenvalue weighted by atomic mass is 10.0. The lowest BCUT2D eigenvalue weighted by Crippen LogP contribution is -2.55. The van der Waals surface area contributed by atoms with Crippen molar-refractivity contribution in [3.63, 3.8) is 0 Å². The van der Waals surface area contributed by atoms with E-state index in [0.717, 1.165) is 0 Å². The number of aliphatic carboxylic acids is 1. The fourth-order valence-electron chi connectivity index (χ4n) is 3.36. The number of rotatable bonds is 9. The molecular weight excluding hydrogens is 404 g/mol. The van der Waals surface area contributed by atoms with Crippen molar-refractivity contribution >= 4 is 23.7 Å². The predicted molar refractivity (Wildman–Crippen MR) is 112 cm³/mol. The number of nitrogens with zero attached hydrogens (tertiary/aromatic N) is 1. The van der Waals surface area contributed by atoms with Gasteiger partial charge in [-0.25, -0.2) is 4.79 Å². The van der Waals surface area contributed by atoms with Gasteiger partial charge in [0.25, 0.3) is 0 Å². The smallest absolute Gasteiger partial charge is 0.326 e. The number of nitrogens with one attached hydrogen (secondary N) is 2. The molecule has 1 fully saturated rings. The number of phenols is 1. The molecule has 1 saturated heterocycles. The summed E-state index contributed by atoms with van der Waals surface area (Å²) in [5.41, 5.74) is 6.57. The standard InChI is InChI=1S/C21H30N4O6/c1-12(2)18(22)20(29)24-15(10-13-5-7-14(26)8-6-13)19(28)23-11-17(27)25-9-3-4-16(25)21(30)31/h5-8,12,15-16,18,26H,3-4,9-11,22H2,1-2H3,(H,23,28)(H,24,29)(H,30,31). The Morgan fingerprint density at radius 3 is 2.39 bits per heavy atom. The third kappa shape index (κ3) is 6.68. The zero-order chi connectivity index (χ0) is 23.1. The predicted octanol–water partition coefficient (Wildman–Crippen LogP) is -0.405. The molecule has 10 heteroatoms. The Labute approximate surface area is 180 Å². The summed E-state index contributed by atoms with van der Waals surface area (Å²) < 4.78 is 0. The monoisotopic (exact) mass is 434 g/mol. The van der Waals surface area contributed by atoms with Gasteiger partial charge in [-0.1, -0.05) is 26.0 Å². The zero-order valence-corrected chi connectivity index (χ0v) is 17.7. The van der Waals surface area contributed by atoms with Crippen LogP contribution < -0.4 is 16.4 Å². The molecule has 3 unspecified atom stereocenters. The molecule has 6 N–H and O–H groups in total. The summed E-state index contributed by atoms with van der Waals surface area (Å²) in [5, 5.41) is 23.8. The molecule has 31 heavy (non-hydrogen) atoms. The van der Waals surface area contributed by atoms with Crippen molar-refractivity contribution in [1.29, 1.82) is 0 Å². The summed E-state index contributed by atoms with van der Waals surface area (Å²) in [5.74, 6) is -2.71. The topological polar surface area (TPSA) is 162 Å². The molecule has 0 saturated carbocycles. The van der Waals surface area contributed by atoms with Crippen LogP contribution in [0.5, 0.6) is 5.75 Å². The number of likely N-dealkylation sites (tertiary alicyclic amines) is 1. The molecule has 1 aromatic rings. The van der Waals surface area contributed by atoms with Gasteiger partial charge in [-0.05, 0) is 36.5 Å². The minimum Gasteiger partial charge on any atom is -0.508 e. The largest absolute Gasteiger partial charge is 0.508 e. The Kier molecular flexibility index (Phi) is 8.38. The first-order valence-corrected chi connectivity index (χ1v) is 10.2. The van der Waals surface area contributed by atoms with Crippen LogP contribution >= 0.6 is 0 Å². The van der Waals surface area contributed by atoms with E-state index in [1.807, 2.05) is 0 Å². The molecule has 3 amide bonds. The number of benzene rings is 1. The summed E-state index contributed by atoms with van der Waals surface area (Å²) in [6.07, 6.45) is 1.09. The molecule has 10 nitrogen and oxygen atoms in total. The van der Waals surface area contributed by atoms with Crippen LogP contribution in [0, 0.1) is 5.92 Å². The average molecular weight is 434 g/mol. The third-order valence-electron chi connectivity index (χ3n) is 5.30. The van der Waals surface area contributed by atoms with Crippen LogP contribution in [0.3, 0.4) is 0 Å². The van der Waals surface area contributed by atoms with Crippen molar-refractivity contribution in [2.24, 2.45) is 11.7 Å².